The summed E-state index contributed by atoms with van der Waals surface area (Å²) >= 11 is 7.22. The molecule has 1 aromatic heterocycles. The first-order chi connectivity index (χ1) is 14.5. The number of thioether (sulfide) groups is 1. The van der Waals surface area contributed by atoms with Crippen molar-refractivity contribution in [1.29, 1.82) is 0 Å². The number of rotatable bonds is 9. The number of carbonyl (C=O) groups excluding carboxylic acids is 1. The molecule has 0 aliphatic heterocycles. The summed E-state index contributed by atoms with van der Waals surface area (Å²) in [4.78, 5) is 12.2. The van der Waals surface area contributed by atoms with Crippen molar-refractivity contribution >= 4 is 35.0 Å². The van der Waals surface area contributed by atoms with Gasteiger partial charge in [0.05, 0.1) is 25.0 Å². The molecular weight excluding hydrogens is 430 g/mol. The fourth-order valence-corrected chi connectivity index (χ4v) is 3.35. The molecular formula is C19H20ClN5O4S. The third-order valence-electron chi connectivity index (χ3n) is 3.91. The van der Waals surface area contributed by atoms with E-state index in [9.17, 15) is 4.79 Å². The van der Waals surface area contributed by atoms with E-state index in [2.05, 4.69) is 15.5 Å². The van der Waals surface area contributed by atoms with Crippen molar-refractivity contribution in [2.24, 2.45) is 0 Å². The number of methoxy groups -OCH3 is 2. The molecule has 30 heavy (non-hydrogen) atoms. The monoisotopic (exact) mass is 449 g/mol. The number of carbonyl (C=O) groups is 1. The van der Waals surface area contributed by atoms with Crippen molar-refractivity contribution in [3.63, 3.8) is 0 Å². The third kappa shape index (κ3) is 5.49. The maximum atomic E-state index is 12.2. The highest BCUT2D eigenvalue weighted by Crippen LogP contribution is 2.27. The number of nitrogens with one attached hydrogen (secondary N) is 1. The van der Waals surface area contributed by atoms with Crippen molar-refractivity contribution in [2.75, 3.05) is 31.1 Å². The number of ether oxygens (including phenoxy) is 3. The number of hydrogen-bond donors (Lipinski definition) is 2. The molecule has 158 valence electrons. The Kier molecular flexibility index (Phi) is 7.26. The van der Waals surface area contributed by atoms with E-state index in [0.717, 1.165) is 11.8 Å². The van der Waals surface area contributed by atoms with Crippen molar-refractivity contribution in [3.05, 3.63) is 53.3 Å². The molecule has 1 amide bonds. The van der Waals surface area contributed by atoms with Gasteiger partial charge in [0.2, 0.25) is 11.1 Å². The van der Waals surface area contributed by atoms with Gasteiger partial charge in [-0.25, -0.2) is 4.68 Å². The molecule has 0 radical (unpaired) electrons. The highest BCUT2D eigenvalue weighted by molar-refractivity contribution is 7.99. The highest BCUT2D eigenvalue weighted by atomic mass is 35.5. The number of nitrogens with zero attached hydrogens (tertiary/aromatic N) is 3. The number of benzene rings is 2. The second kappa shape index (κ2) is 10.1. The maximum Gasteiger partial charge on any atom is 0.234 e. The third-order valence-corrected chi connectivity index (χ3v) is 5.15. The van der Waals surface area contributed by atoms with Crippen LogP contribution in [0.4, 0.5) is 5.69 Å². The molecule has 0 atom stereocenters. The molecule has 3 rings (SSSR count). The molecule has 0 saturated heterocycles. The summed E-state index contributed by atoms with van der Waals surface area (Å²) in [5.41, 5.74) is 0.563. The zero-order valence-electron chi connectivity index (χ0n) is 16.3. The molecule has 11 heteroatoms. The van der Waals surface area contributed by atoms with Crippen molar-refractivity contribution in [2.45, 2.75) is 11.8 Å². The van der Waals surface area contributed by atoms with Crippen LogP contribution in [0.1, 0.15) is 5.82 Å². The number of anilines is 1. The van der Waals surface area contributed by atoms with Gasteiger partial charge in [0.1, 0.15) is 23.9 Å². The van der Waals surface area contributed by atoms with Crippen LogP contribution in [0.15, 0.2) is 47.6 Å². The minimum absolute atomic E-state index is 0.0930. The first-order valence-electron chi connectivity index (χ1n) is 8.72. The lowest BCUT2D eigenvalue weighted by Crippen LogP contribution is -2.18. The summed E-state index contributed by atoms with van der Waals surface area (Å²) in [6, 6.07) is 12.2. The molecule has 0 spiro atoms. The van der Waals surface area contributed by atoms with Crippen LogP contribution in [-0.2, 0) is 11.4 Å². The minimum Gasteiger partial charge on any atom is -0.497 e. The smallest absolute Gasteiger partial charge is 0.234 e. The maximum absolute atomic E-state index is 12.2. The van der Waals surface area contributed by atoms with E-state index in [0.29, 0.717) is 38.9 Å². The van der Waals surface area contributed by atoms with Gasteiger partial charge >= 0.3 is 0 Å². The predicted molar refractivity (Wildman–Crippen MR) is 115 cm³/mol. The lowest BCUT2D eigenvalue weighted by atomic mass is 10.3. The van der Waals surface area contributed by atoms with Crippen LogP contribution in [0, 0.1) is 0 Å². The molecule has 0 aliphatic carbocycles. The summed E-state index contributed by atoms with van der Waals surface area (Å²) in [5.74, 6) is 8.12. The van der Waals surface area contributed by atoms with Crippen molar-refractivity contribution in [1.82, 2.24) is 14.9 Å². The summed E-state index contributed by atoms with van der Waals surface area (Å²) < 4.78 is 17.2. The molecule has 0 fully saturated rings. The van der Waals surface area contributed by atoms with E-state index >= 15 is 0 Å². The van der Waals surface area contributed by atoms with E-state index in [1.807, 2.05) is 12.1 Å². The summed E-state index contributed by atoms with van der Waals surface area (Å²) in [5, 5.41) is 11.6. The first-order valence-corrected chi connectivity index (χ1v) is 10.1. The van der Waals surface area contributed by atoms with Gasteiger partial charge in [-0.05, 0) is 30.3 Å². The number of halogens is 1. The predicted octanol–water partition coefficient (Wildman–Crippen LogP) is 2.97. The Balaban J connectivity index is 1.53. The molecule has 0 aliphatic rings. The van der Waals surface area contributed by atoms with Gasteiger partial charge in [-0.1, -0.05) is 29.4 Å². The molecule has 1 heterocycles. The fourth-order valence-electron chi connectivity index (χ4n) is 2.41. The molecule has 0 saturated carbocycles. The quantitative estimate of drug-likeness (QED) is 0.378. The topological polar surface area (TPSA) is 114 Å². The fraction of sp³-hybridized carbons (Fsp3) is 0.211. The number of hydrogen-bond acceptors (Lipinski definition) is 8. The Morgan fingerprint density at radius 3 is 2.70 bits per heavy atom. The molecule has 3 aromatic rings. The van der Waals surface area contributed by atoms with Crippen LogP contribution in [0.5, 0.6) is 17.2 Å². The van der Waals surface area contributed by atoms with E-state index in [4.69, 9.17) is 31.7 Å². The van der Waals surface area contributed by atoms with Gasteiger partial charge in [0, 0.05) is 11.8 Å². The van der Waals surface area contributed by atoms with Crippen LogP contribution in [0.3, 0.4) is 0 Å². The lowest BCUT2D eigenvalue weighted by Gasteiger charge is -2.08. The van der Waals surface area contributed by atoms with Crippen LogP contribution < -0.4 is 25.4 Å². The number of nitrogens with two attached hydrogens (primary N) is 1. The second-order valence-electron chi connectivity index (χ2n) is 5.92. The SMILES string of the molecule is COc1cccc(OCc2nnc(SCC(=O)Nc3ccc(OC)c(Cl)c3)n2N)c1. The van der Waals surface area contributed by atoms with Crippen LogP contribution in [-0.4, -0.2) is 40.8 Å². The standard InChI is InChI=1S/C19H20ClN5O4S/c1-27-13-4-3-5-14(9-13)29-10-17-23-24-19(25(17)21)30-11-18(26)22-12-6-7-16(28-2)15(20)8-12/h3-9H,10-11,21H2,1-2H3,(H,22,26). The van der Waals surface area contributed by atoms with E-state index in [1.165, 1.54) is 11.8 Å². The zero-order valence-corrected chi connectivity index (χ0v) is 17.9. The number of aromatic nitrogens is 3. The Bertz CT molecular complexity index is 1030. The summed E-state index contributed by atoms with van der Waals surface area (Å²) in [7, 11) is 3.10. The normalized spacial score (nSPS) is 10.5. The molecule has 3 N–H and O–H groups in total. The Morgan fingerprint density at radius 1 is 1.17 bits per heavy atom. The summed E-state index contributed by atoms with van der Waals surface area (Å²) in [6.07, 6.45) is 0. The van der Waals surface area contributed by atoms with Gasteiger partial charge in [-0.15, -0.1) is 10.2 Å². The van der Waals surface area contributed by atoms with Gasteiger partial charge < -0.3 is 25.4 Å². The highest BCUT2D eigenvalue weighted by Gasteiger charge is 2.13. The summed E-state index contributed by atoms with van der Waals surface area (Å²) in [6.45, 7) is 0.119. The van der Waals surface area contributed by atoms with Crippen LogP contribution >= 0.6 is 23.4 Å². The first kappa shape index (κ1) is 21.6. The zero-order chi connectivity index (χ0) is 21.5. The van der Waals surface area contributed by atoms with Gasteiger partial charge in [-0.2, -0.15) is 0 Å². The van der Waals surface area contributed by atoms with Crippen molar-refractivity contribution < 1.29 is 19.0 Å². The van der Waals surface area contributed by atoms with Crippen molar-refractivity contribution in [3.8, 4) is 17.2 Å². The minimum atomic E-state index is -0.238. The molecule has 2 aromatic carbocycles. The largest absolute Gasteiger partial charge is 0.497 e. The molecule has 0 unspecified atom stereocenters. The number of nitrogen functional groups attached to an aromatic ring is 1. The average molecular weight is 450 g/mol. The second-order valence-corrected chi connectivity index (χ2v) is 7.27. The van der Waals surface area contributed by atoms with Gasteiger partial charge in [0.15, 0.2) is 5.82 Å². The molecule has 9 nitrogen and oxygen atoms in total. The Morgan fingerprint density at radius 2 is 1.97 bits per heavy atom. The van der Waals surface area contributed by atoms with E-state index in [1.54, 1.807) is 37.4 Å². The van der Waals surface area contributed by atoms with Crippen LogP contribution in [0.25, 0.3) is 0 Å². The molecule has 0 bridgehead atoms. The number of amides is 1. The van der Waals surface area contributed by atoms with E-state index < -0.39 is 0 Å². The van der Waals surface area contributed by atoms with E-state index in [-0.39, 0.29) is 18.3 Å². The van der Waals surface area contributed by atoms with Crippen LogP contribution in [0.2, 0.25) is 5.02 Å². The van der Waals surface area contributed by atoms with Gasteiger partial charge in [0.25, 0.3) is 0 Å². The Hall–Kier alpha value is -3.11. The van der Waals surface area contributed by atoms with Gasteiger partial charge in [-0.3, -0.25) is 4.79 Å². The Labute approximate surface area is 182 Å². The average Bonchev–Trinajstić information content (AvgIpc) is 3.10. The lowest BCUT2D eigenvalue weighted by molar-refractivity contribution is -0.113.